The number of hydrogen-bond acceptors (Lipinski definition) is 4. The maximum atomic E-state index is 9.28. The van der Waals surface area contributed by atoms with E-state index >= 15 is 0 Å². The zero-order valence-corrected chi connectivity index (χ0v) is 15.5. The molecule has 0 aliphatic carbocycles. The van der Waals surface area contributed by atoms with Gasteiger partial charge in [-0.05, 0) is 42.7 Å². The molecule has 0 unspecified atom stereocenters. The van der Waals surface area contributed by atoms with Crippen LogP contribution in [0.4, 0.5) is 5.82 Å². The van der Waals surface area contributed by atoms with E-state index in [0.717, 1.165) is 47.2 Å². The molecular formula is C20H16Cl2N4. The van der Waals surface area contributed by atoms with Gasteiger partial charge in [-0.1, -0.05) is 35.3 Å². The molecule has 2 heterocycles. The smallest absolute Gasteiger partial charge is 0.139 e. The molecule has 0 N–H and O–H groups in total. The van der Waals surface area contributed by atoms with Crippen LogP contribution in [0.3, 0.4) is 0 Å². The van der Waals surface area contributed by atoms with Crippen LogP contribution in [0, 0.1) is 17.2 Å². The average Bonchev–Trinajstić information content (AvgIpc) is 2.68. The van der Waals surface area contributed by atoms with Gasteiger partial charge < -0.3 is 4.90 Å². The summed E-state index contributed by atoms with van der Waals surface area (Å²) in [6.07, 6.45) is 3.49. The topological polar surface area (TPSA) is 52.8 Å². The number of nitriles is 1. The van der Waals surface area contributed by atoms with E-state index in [9.17, 15) is 5.26 Å². The quantitative estimate of drug-likeness (QED) is 0.599. The Morgan fingerprint density at radius 2 is 1.92 bits per heavy atom. The van der Waals surface area contributed by atoms with Crippen molar-refractivity contribution in [3.8, 4) is 17.2 Å². The minimum Gasteiger partial charge on any atom is -0.355 e. The second-order valence-electron chi connectivity index (χ2n) is 6.47. The van der Waals surface area contributed by atoms with Gasteiger partial charge in [0.05, 0.1) is 22.5 Å². The van der Waals surface area contributed by atoms with E-state index in [1.807, 2.05) is 36.4 Å². The molecule has 4 nitrogen and oxygen atoms in total. The molecule has 130 valence electrons. The summed E-state index contributed by atoms with van der Waals surface area (Å²) in [6.45, 7) is 1.59. The van der Waals surface area contributed by atoms with Gasteiger partial charge in [0.2, 0.25) is 0 Å². The summed E-state index contributed by atoms with van der Waals surface area (Å²) >= 11 is 12.5. The maximum absolute atomic E-state index is 9.28. The molecule has 0 amide bonds. The first-order chi connectivity index (χ1) is 12.7. The summed E-state index contributed by atoms with van der Waals surface area (Å²) < 4.78 is 0. The van der Waals surface area contributed by atoms with Gasteiger partial charge in [0.1, 0.15) is 12.1 Å². The van der Waals surface area contributed by atoms with E-state index in [4.69, 9.17) is 23.2 Å². The lowest BCUT2D eigenvalue weighted by Gasteiger charge is -2.31. The van der Waals surface area contributed by atoms with Crippen LogP contribution in [-0.2, 0) is 0 Å². The molecule has 0 radical (unpaired) electrons. The molecule has 26 heavy (non-hydrogen) atoms. The third-order valence-corrected chi connectivity index (χ3v) is 5.33. The van der Waals surface area contributed by atoms with E-state index in [1.54, 1.807) is 6.33 Å². The maximum Gasteiger partial charge on any atom is 0.139 e. The summed E-state index contributed by atoms with van der Waals surface area (Å²) in [7, 11) is 0. The lowest BCUT2D eigenvalue weighted by Crippen LogP contribution is -2.35. The highest BCUT2D eigenvalue weighted by Crippen LogP contribution is 2.35. The number of benzene rings is 2. The van der Waals surface area contributed by atoms with Crippen molar-refractivity contribution >= 4 is 39.9 Å². The molecule has 1 atom stereocenters. The fourth-order valence-corrected chi connectivity index (χ4v) is 3.83. The second kappa shape index (κ2) is 7.11. The number of aromatic nitrogens is 2. The molecule has 1 aliphatic heterocycles. The molecule has 0 saturated carbocycles. The zero-order valence-electron chi connectivity index (χ0n) is 14.0. The van der Waals surface area contributed by atoms with Crippen LogP contribution in [0.25, 0.3) is 22.0 Å². The fraction of sp³-hybridized carbons (Fsp3) is 0.250. The largest absolute Gasteiger partial charge is 0.355 e. The average molecular weight is 383 g/mol. The number of nitrogens with zero attached hydrogens (tertiary/aromatic N) is 4. The molecule has 2 aromatic carbocycles. The Bertz CT molecular complexity index is 995. The number of halogens is 2. The summed E-state index contributed by atoms with van der Waals surface area (Å²) in [5.74, 6) is 0.902. The Labute approximate surface area is 162 Å². The van der Waals surface area contributed by atoms with E-state index in [0.29, 0.717) is 16.6 Å². The van der Waals surface area contributed by atoms with Crippen LogP contribution in [0.1, 0.15) is 12.8 Å². The van der Waals surface area contributed by atoms with Crippen molar-refractivity contribution in [2.24, 2.45) is 5.92 Å². The van der Waals surface area contributed by atoms with Crippen molar-refractivity contribution < 1.29 is 0 Å². The second-order valence-corrected chi connectivity index (χ2v) is 7.31. The van der Waals surface area contributed by atoms with E-state index in [2.05, 4.69) is 20.9 Å². The first kappa shape index (κ1) is 17.1. The van der Waals surface area contributed by atoms with Gasteiger partial charge in [-0.2, -0.15) is 5.26 Å². The highest BCUT2D eigenvalue weighted by atomic mass is 35.5. The molecule has 6 heteroatoms. The van der Waals surface area contributed by atoms with E-state index < -0.39 is 0 Å². The minimum atomic E-state index is 0.0387. The third-order valence-electron chi connectivity index (χ3n) is 4.76. The number of piperidine rings is 1. The summed E-state index contributed by atoms with van der Waals surface area (Å²) in [5, 5.41) is 11.6. The van der Waals surface area contributed by atoms with E-state index in [-0.39, 0.29) is 5.92 Å². The van der Waals surface area contributed by atoms with Crippen molar-refractivity contribution in [3.05, 3.63) is 52.8 Å². The molecule has 1 saturated heterocycles. The van der Waals surface area contributed by atoms with Gasteiger partial charge in [0.25, 0.3) is 0 Å². The van der Waals surface area contributed by atoms with Gasteiger partial charge in [0.15, 0.2) is 0 Å². The Morgan fingerprint density at radius 1 is 1.12 bits per heavy atom. The molecule has 4 rings (SSSR count). The molecule has 1 fully saturated rings. The van der Waals surface area contributed by atoms with Gasteiger partial charge in [0, 0.05) is 29.1 Å². The monoisotopic (exact) mass is 382 g/mol. The van der Waals surface area contributed by atoms with Gasteiger partial charge in [-0.15, -0.1) is 0 Å². The van der Waals surface area contributed by atoms with E-state index in [1.165, 1.54) is 0 Å². The van der Waals surface area contributed by atoms with Gasteiger partial charge in [-0.3, -0.25) is 0 Å². The standard InChI is InChI=1S/C20H16Cl2N4/c21-15-5-3-14(4-6-15)16-8-17-19(9-18(16)22)24-12-25-20(17)26-7-1-2-13(10-23)11-26/h3-6,8-9,12-13H,1-2,7,11H2/t13-/m1/s1. The van der Waals surface area contributed by atoms with Crippen molar-refractivity contribution in [2.45, 2.75) is 12.8 Å². The predicted molar refractivity (Wildman–Crippen MR) is 106 cm³/mol. The molecule has 1 aliphatic rings. The first-order valence-electron chi connectivity index (χ1n) is 8.50. The molecule has 0 bridgehead atoms. The molecule has 1 aromatic heterocycles. The Balaban J connectivity index is 1.83. The van der Waals surface area contributed by atoms with Crippen molar-refractivity contribution in [2.75, 3.05) is 18.0 Å². The lowest BCUT2D eigenvalue weighted by molar-refractivity contribution is 0.491. The number of hydrogen-bond donors (Lipinski definition) is 0. The Morgan fingerprint density at radius 3 is 2.69 bits per heavy atom. The van der Waals surface area contributed by atoms with Crippen molar-refractivity contribution in [1.82, 2.24) is 9.97 Å². The highest BCUT2D eigenvalue weighted by molar-refractivity contribution is 6.34. The van der Waals surface area contributed by atoms with Crippen LogP contribution >= 0.6 is 23.2 Å². The van der Waals surface area contributed by atoms with Crippen molar-refractivity contribution in [1.29, 1.82) is 5.26 Å². The first-order valence-corrected chi connectivity index (χ1v) is 9.26. The van der Waals surface area contributed by atoms with Crippen LogP contribution in [0.15, 0.2) is 42.7 Å². The fourth-order valence-electron chi connectivity index (χ4n) is 3.44. The minimum absolute atomic E-state index is 0.0387. The van der Waals surface area contributed by atoms with Gasteiger partial charge in [-0.25, -0.2) is 9.97 Å². The third kappa shape index (κ3) is 3.21. The summed E-state index contributed by atoms with van der Waals surface area (Å²) in [5.41, 5.74) is 2.71. The predicted octanol–water partition coefficient (Wildman–Crippen LogP) is 5.34. The number of fused-ring (bicyclic) bond motifs is 1. The van der Waals surface area contributed by atoms with Crippen LogP contribution in [0.2, 0.25) is 10.0 Å². The number of rotatable bonds is 2. The lowest BCUT2D eigenvalue weighted by atomic mass is 9.99. The summed E-state index contributed by atoms with van der Waals surface area (Å²) in [4.78, 5) is 11.1. The summed E-state index contributed by atoms with van der Waals surface area (Å²) in [6, 6.07) is 13.9. The van der Waals surface area contributed by atoms with Crippen LogP contribution < -0.4 is 4.90 Å². The zero-order chi connectivity index (χ0) is 18.1. The molecular weight excluding hydrogens is 367 g/mol. The molecule has 0 spiro atoms. The number of anilines is 1. The highest BCUT2D eigenvalue weighted by Gasteiger charge is 2.22. The van der Waals surface area contributed by atoms with Gasteiger partial charge >= 0.3 is 0 Å². The Kier molecular flexibility index (Phi) is 4.67. The normalized spacial score (nSPS) is 17.3. The Hall–Kier alpha value is -2.35. The SMILES string of the molecule is N#C[C@H]1CCCN(c2ncnc3cc(Cl)c(-c4ccc(Cl)cc4)cc23)C1. The van der Waals surface area contributed by atoms with Crippen LogP contribution in [-0.4, -0.2) is 23.1 Å². The van der Waals surface area contributed by atoms with Crippen molar-refractivity contribution in [3.63, 3.8) is 0 Å². The molecule has 3 aromatic rings. The van der Waals surface area contributed by atoms with Crippen LogP contribution in [0.5, 0.6) is 0 Å².